The van der Waals surface area contributed by atoms with Crippen molar-refractivity contribution < 1.29 is 9.90 Å². The normalized spacial score (nSPS) is 23.6. The van der Waals surface area contributed by atoms with Gasteiger partial charge < -0.3 is 10.1 Å². The Morgan fingerprint density at radius 1 is 1.50 bits per heavy atom. The van der Waals surface area contributed by atoms with Crippen LogP contribution >= 0.6 is 15.9 Å². The number of rotatable bonds is 2. The van der Waals surface area contributed by atoms with E-state index in [0.29, 0.717) is 12.1 Å². The van der Waals surface area contributed by atoms with Crippen LogP contribution in [-0.2, 0) is 4.79 Å². The van der Waals surface area contributed by atoms with E-state index in [1.807, 2.05) is 6.07 Å². The molecule has 18 heavy (non-hydrogen) atoms. The van der Waals surface area contributed by atoms with E-state index in [-0.39, 0.29) is 11.8 Å². The van der Waals surface area contributed by atoms with Crippen molar-refractivity contribution in [1.29, 1.82) is 0 Å². The van der Waals surface area contributed by atoms with Crippen LogP contribution in [0.25, 0.3) is 11.2 Å². The number of H-pyrrole nitrogens is 1. The fourth-order valence-electron chi connectivity index (χ4n) is 2.54. The molecular weight excluding hydrogens is 298 g/mol. The molecule has 2 heterocycles. The summed E-state index contributed by atoms with van der Waals surface area (Å²) in [5.41, 5.74) is 1.57. The maximum absolute atomic E-state index is 10.9. The second kappa shape index (κ2) is 4.35. The third-order valence-corrected chi connectivity index (χ3v) is 3.92. The highest BCUT2D eigenvalue weighted by atomic mass is 79.9. The van der Waals surface area contributed by atoms with Gasteiger partial charge in [-0.25, -0.2) is 9.97 Å². The average Bonchev–Trinajstić information content (AvgIpc) is 2.93. The molecule has 0 bridgehead atoms. The predicted molar refractivity (Wildman–Crippen MR) is 69.3 cm³/mol. The van der Waals surface area contributed by atoms with Crippen LogP contribution < -0.4 is 0 Å². The first kappa shape index (κ1) is 11.6. The van der Waals surface area contributed by atoms with Crippen molar-refractivity contribution in [3.05, 3.63) is 22.6 Å². The van der Waals surface area contributed by atoms with Gasteiger partial charge >= 0.3 is 5.97 Å². The van der Waals surface area contributed by atoms with Crippen molar-refractivity contribution in [2.75, 3.05) is 0 Å². The average molecular weight is 310 g/mol. The lowest BCUT2D eigenvalue weighted by molar-refractivity contribution is -0.141. The molecule has 6 heteroatoms. The smallest absolute Gasteiger partial charge is 0.306 e. The number of carboxylic acid groups (broad SMARTS) is 1. The van der Waals surface area contributed by atoms with Crippen LogP contribution in [0.3, 0.4) is 0 Å². The van der Waals surface area contributed by atoms with Gasteiger partial charge in [-0.1, -0.05) is 0 Å². The summed E-state index contributed by atoms with van der Waals surface area (Å²) in [5, 5.41) is 9.00. The molecule has 0 amide bonds. The van der Waals surface area contributed by atoms with E-state index in [1.165, 1.54) is 0 Å². The van der Waals surface area contributed by atoms with Gasteiger partial charge in [0.05, 0.1) is 11.4 Å². The number of carbonyl (C=O) groups is 1. The molecule has 0 saturated heterocycles. The van der Waals surface area contributed by atoms with Gasteiger partial charge in [-0.3, -0.25) is 4.79 Å². The number of nitrogens with zero attached hydrogens (tertiary/aromatic N) is 2. The van der Waals surface area contributed by atoms with Crippen molar-refractivity contribution >= 4 is 33.1 Å². The van der Waals surface area contributed by atoms with Gasteiger partial charge in [0.2, 0.25) is 0 Å². The Labute approximate surface area is 112 Å². The molecule has 0 radical (unpaired) electrons. The number of hydrogen-bond acceptors (Lipinski definition) is 3. The summed E-state index contributed by atoms with van der Waals surface area (Å²) >= 11 is 3.37. The Hall–Kier alpha value is -1.43. The van der Waals surface area contributed by atoms with Gasteiger partial charge in [-0.15, -0.1) is 0 Å². The second-order valence-corrected chi connectivity index (χ2v) is 5.61. The van der Waals surface area contributed by atoms with E-state index in [2.05, 4.69) is 30.9 Å². The summed E-state index contributed by atoms with van der Waals surface area (Å²) < 4.78 is 0.903. The highest BCUT2D eigenvalue weighted by Gasteiger charge is 2.32. The molecule has 94 valence electrons. The van der Waals surface area contributed by atoms with Crippen LogP contribution in [0.15, 0.2) is 16.7 Å². The largest absolute Gasteiger partial charge is 0.481 e. The van der Waals surface area contributed by atoms with E-state index < -0.39 is 5.97 Å². The zero-order chi connectivity index (χ0) is 12.7. The molecule has 3 rings (SSSR count). The van der Waals surface area contributed by atoms with Crippen LogP contribution in [0.5, 0.6) is 0 Å². The fraction of sp³-hybridized carbons (Fsp3) is 0.417. The Balaban J connectivity index is 1.89. The Morgan fingerprint density at radius 2 is 2.33 bits per heavy atom. The summed E-state index contributed by atoms with van der Waals surface area (Å²) in [4.78, 5) is 22.9. The summed E-state index contributed by atoms with van der Waals surface area (Å²) in [7, 11) is 0. The zero-order valence-corrected chi connectivity index (χ0v) is 11.1. The highest BCUT2D eigenvalue weighted by molar-refractivity contribution is 9.10. The molecule has 0 aliphatic heterocycles. The number of aromatic nitrogens is 3. The lowest BCUT2D eigenvalue weighted by Gasteiger charge is -2.04. The highest BCUT2D eigenvalue weighted by Crippen LogP contribution is 2.37. The molecule has 1 aliphatic rings. The molecule has 0 aromatic carbocycles. The maximum atomic E-state index is 10.9. The Kier molecular flexibility index (Phi) is 2.81. The number of fused-ring (bicyclic) bond motifs is 1. The second-order valence-electron chi connectivity index (χ2n) is 4.69. The third kappa shape index (κ3) is 2.01. The van der Waals surface area contributed by atoms with Crippen LogP contribution in [-0.4, -0.2) is 26.0 Å². The number of halogens is 1. The molecular formula is C12H12BrN3O2. The van der Waals surface area contributed by atoms with Crippen LogP contribution in [0.2, 0.25) is 0 Å². The first-order valence-corrected chi connectivity index (χ1v) is 6.67. The minimum absolute atomic E-state index is 0.207. The third-order valence-electron chi connectivity index (χ3n) is 3.49. The molecule has 0 spiro atoms. The number of imidazole rings is 1. The van der Waals surface area contributed by atoms with Crippen molar-refractivity contribution in [2.24, 2.45) is 5.92 Å². The van der Waals surface area contributed by atoms with Gasteiger partial charge in [0.25, 0.3) is 0 Å². The van der Waals surface area contributed by atoms with Crippen LogP contribution in [0.4, 0.5) is 0 Å². The number of aliphatic carboxylic acids is 1. The van der Waals surface area contributed by atoms with Crippen molar-refractivity contribution in [3.8, 4) is 0 Å². The van der Waals surface area contributed by atoms with E-state index in [0.717, 1.165) is 28.7 Å². The van der Waals surface area contributed by atoms with Gasteiger partial charge in [-0.05, 0) is 41.3 Å². The number of hydrogen-bond donors (Lipinski definition) is 2. The predicted octanol–water partition coefficient (Wildman–Crippen LogP) is 2.69. The topological polar surface area (TPSA) is 78.9 Å². The van der Waals surface area contributed by atoms with Crippen molar-refractivity contribution in [3.63, 3.8) is 0 Å². The molecule has 2 atom stereocenters. The summed E-state index contributed by atoms with van der Waals surface area (Å²) in [6, 6.07) is 1.93. The molecule has 1 aliphatic carbocycles. The number of nitrogens with one attached hydrogen (secondary N) is 1. The first-order valence-electron chi connectivity index (χ1n) is 5.87. The quantitative estimate of drug-likeness (QED) is 0.894. The monoisotopic (exact) mass is 309 g/mol. The van der Waals surface area contributed by atoms with Crippen LogP contribution in [0.1, 0.15) is 31.0 Å². The lowest BCUT2D eigenvalue weighted by atomic mass is 10.0. The van der Waals surface area contributed by atoms with E-state index in [1.54, 1.807) is 6.20 Å². The molecule has 1 fully saturated rings. The maximum Gasteiger partial charge on any atom is 0.306 e. The standard InChI is InChI=1S/C12H12BrN3O2/c13-8-4-9-11(14-5-8)16-10(15-9)6-1-2-7(3-6)12(17)18/h4-7H,1-3H2,(H,17,18)(H,14,15,16). The van der Waals surface area contributed by atoms with Crippen LogP contribution in [0, 0.1) is 5.92 Å². The molecule has 1 saturated carbocycles. The van der Waals surface area contributed by atoms with Crippen molar-refractivity contribution in [2.45, 2.75) is 25.2 Å². The van der Waals surface area contributed by atoms with Gasteiger partial charge in [0.15, 0.2) is 5.65 Å². The first-order chi connectivity index (χ1) is 8.63. The zero-order valence-electron chi connectivity index (χ0n) is 9.56. The SMILES string of the molecule is O=C(O)C1CCC(c2nc3ncc(Br)cc3[nH]2)C1. The number of pyridine rings is 1. The number of aromatic amines is 1. The summed E-state index contributed by atoms with van der Waals surface area (Å²) in [6.45, 7) is 0. The molecule has 2 aromatic rings. The minimum atomic E-state index is -0.700. The number of carboxylic acids is 1. The van der Waals surface area contributed by atoms with Crippen molar-refractivity contribution in [1.82, 2.24) is 15.0 Å². The van der Waals surface area contributed by atoms with Gasteiger partial charge in [0, 0.05) is 16.6 Å². The van der Waals surface area contributed by atoms with E-state index >= 15 is 0 Å². The van der Waals surface area contributed by atoms with E-state index in [9.17, 15) is 4.79 Å². The summed E-state index contributed by atoms with van der Waals surface area (Å²) in [6.07, 6.45) is 3.98. The summed E-state index contributed by atoms with van der Waals surface area (Å²) in [5.74, 6) is 0.135. The van der Waals surface area contributed by atoms with E-state index in [4.69, 9.17) is 5.11 Å². The van der Waals surface area contributed by atoms with Gasteiger partial charge in [-0.2, -0.15) is 0 Å². The lowest BCUT2D eigenvalue weighted by Crippen LogP contribution is -2.09. The molecule has 2 unspecified atom stereocenters. The minimum Gasteiger partial charge on any atom is -0.481 e. The fourth-order valence-corrected chi connectivity index (χ4v) is 2.87. The van der Waals surface area contributed by atoms with Gasteiger partial charge in [0.1, 0.15) is 5.82 Å². The Bertz CT molecular complexity index is 610. The molecule has 2 N–H and O–H groups in total. The molecule has 5 nitrogen and oxygen atoms in total. The molecule has 2 aromatic heterocycles. The Morgan fingerprint density at radius 3 is 3.06 bits per heavy atom.